The number of aryl methyl sites for hydroxylation is 3. The summed E-state index contributed by atoms with van der Waals surface area (Å²) in [6.07, 6.45) is 0.790. The zero-order valence-electron chi connectivity index (χ0n) is 14.7. The van der Waals surface area contributed by atoms with Gasteiger partial charge in [0.25, 0.3) is 11.5 Å². The van der Waals surface area contributed by atoms with Gasteiger partial charge in [-0.25, -0.2) is 4.98 Å². The SMILES string of the molecule is Cc1ccccc1CCNC(=O)c1ccc2c(c1)nc(C)c(=O)n2C. The Morgan fingerprint density at radius 2 is 1.92 bits per heavy atom. The maximum absolute atomic E-state index is 12.4. The quantitative estimate of drug-likeness (QED) is 0.797. The van der Waals surface area contributed by atoms with Crippen molar-refractivity contribution in [3.05, 3.63) is 75.2 Å². The predicted octanol–water partition coefficient (Wildman–Crippen LogP) is 2.52. The van der Waals surface area contributed by atoms with Crippen LogP contribution >= 0.6 is 0 Å². The number of aromatic nitrogens is 2. The first-order chi connectivity index (χ1) is 12.0. The molecule has 5 nitrogen and oxygen atoms in total. The molecule has 0 bridgehead atoms. The number of nitrogens with one attached hydrogen (secondary N) is 1. The highest BCUT2D eigenvalue weighted by atomic mass is 16.1. The van der Waals surface area contributed by atoms with E-state index in [2.05, 4.69) is 29.4 Å². The van der Waals surface area contributed by atoms with Gasteiger partial charge in [-0.1, -0.05) is 24.3 Å². The van der Waals surface area contributed by atoms with Crippen molar-refractivity contribution >= 4 is 16.9 Å². The summed E-state index contributed by atoms with van der Waals surface area (Å²) in [7, 11) is 1.71. The Hall–Kier alpha value is -2.95. The molecule has 5 heteroatoms. The van der Waals surface area contributed by atoms with E-state index >= 15 is 0 Å². The van der Waals surface area contributed by atoms with Crippen LogP contribution in [0.25, 0.3) is 11.0 Å². The van der Waals surface area contributed by atoms with Gasteiger partial charge in [-0.2, -0.15) is 0 Å². The minimum atomic E-state index is -0.135. The fraction of sp³-hybridized carbons (Fsp3) is 0.250. The molecule has 0 fully saturated rings. The van der Waals surface area contributed by atoms with Crippen LogP contribution < -0.4 is 10.9 Å². The van der Waals surface area contributed by atoms with E-state index in [1.807, 2.05) is 12.1 Å². The molecule has 0 aliphatic heterocycles. The molecule has 0 spiro atoms. The highest BCUT2D eigenvalue weighted by molar-refractivity contribution is 5.97. The van der Waals surface area contributed by atoms with Gasteiger partial charge in [0.2, 0.25) is 0 Å². The van der Waals surface area contributed by atoms with E-state index in [9.17, 15) is 9.59 Å². The number of carbonyl (C=O) groups excluding carboxylic acids is 1. The van der Waals surface area contributed by atoms with Crippen LogP contribution in [0.3, 0.4) is 0 Å². The van der Waals surface area contributed by atoms with E-state index in [4.69, 9.17) is 0 Å². The lowest BCUT2D eigenvalue weighted by molar-refractivity contribution is 0.0954. The minimum absolute atomic E-state index is 0.122. The number of benzene rings is 2. The zero-order valence-corrected chi connectivity index (χ0v) is 14.7. The Morgan fingerprint density at radius 3 is 2.68 bits per heavy atom. The van der Waals surface area contributed by atoms with E-state index in [1.165, 1.54) is 11.1 Å². The molecule has 0 atom stereocenters. The molecule has 1 N–H and O–H groups in total. The second-order valence-electron chi connectivity index (χ2n) is 6.20. The highest BCUT2D eigenvalue weighted by Gasteiger charge is 2.10. The van der Waals surface area contributed by atoms with Crippen molar-refractivity contribution < 1.29 is 4.79 Å². The first-order valence-electron chi connectivity index (χ1n) is 8.27. The van der Waals surface area contributed by atoms with Crippen LogP contribution in [0.4, 0.5) is 0 Å². The molecule has 128 valence electrons. The van der Waals surface area contributed by atoms with Crippen LogP contribution in [0, 0.1) is 13.8 Å². The van der Waals surface area contributed by atoms with Gasteiger partial charge in [-0.15, -0.1) is 0 Å². The van der Waals surface area contributed by atoms with Crippen LogP contribution in [0.5, 0.6) is 0 Å². The number of hydrogen-bond acceptors (Lipinski definition) is 3. The van der Waals surface area contributed by atoms with Crippen molar-refractivity contribution in [3.8, 4) is 0 Å². The first kappa shape index (κ1) is 16.9. The van der Waals surface area contributed by atoms with E-state index in [0.29, 0.717) is 28.8 Å². The third kappa shape index (κ3) is 3.45. The van der Waals surface area contributed by atoms with Gasteiger partial charge in [0.1, 0.15) is 5.69 Å². The van der Waals surface area contributed by atoms with Crippen LogP contribution in [0.2, 0.25) is 0 Å². The lowest BCUT2D eigenvalue weighted by Crippen LogP contribution is -2.26. The average molecular weight is 335 g/mol. The molecule has 0 radical (unpaired) electrons. The zero-order chi connectivity index (χ0) is 18.0. The number of fused-ring (bicyclic) bond motifs is 1. The third-order valence-electron chi connectivity index (χ3n) is 4.44. The molecular weight excluding hydrogens is 314 g/mol. The van der Waals surface area contributed by atoms with Gasteiger partial charge in [0, 0.05) is 19.2 Å². The van der Waals surface area contributed by atoms with Crippen molar-refractivity contribution in [2.24, 2.45) is 7.05 Å². The summed E-state index contributed by atoms with van der Waals surface area (Å²) < 4.78 is 1.55. The topological polar surface area (TPSA) is 64.0 Å². The standard InChI is InChI=1S/C20H21N3O2/c1-13-6-4-5-7-15(13)10-11-21-19(24)16-8-9-18-17(12-16)22-14(2)20(25)23(18)3/h4-9,12H,10-11H2,1-3H3,(H,21,24). The van der Waals surface area contributed by atoms with E-state index in [0.717, 1.165) is 6.42 Å². The number of amides is 1. The predicted molar refractivity (Wildman–Crippen MR) is 98.9 cm³/mol. The van der Waals surface area contributed by atoms with Gasteiger partial charge >= 0.3 is 0 Å². The molecule has 0 saturated heterocycles. The van der Waals surface area contributed by atoms with Crippen molar-refractivity contribution in [1.29, 1.82) is 0 Å². The van der Waals surface area contributed by atoms with Crippen LogP contribution in [-0.4, -0.2) is 22.0 Å². The molecule has 0 saturated carbocycles. The number of rotatable bonds is 4. The Morgan fingerprint density at radius 1 is 1.16 bits per heavy atom. The summed E-state index contributed by atoms with van der Waals surface area (Å²) in [6, 6.07) is 13.4. The second kappa shape index (κ2) is 6.89. The third-order valence-corrected chi connectivity index (χ3v) is 4.44. The molecule has 0 aliphatic carbocycles. The van der Waals surface area contributed by atoms with Gasteiger partial charge in [-0.3, -0.25) is 9.59 Å². The molecule has 0 aliphatic rings. The van der Waals surface area contributed by atoms with E-state index in [1.54, 1.807) is 36.7 Å². The van der Waals surface area contributed by atoms with E-state index < -0.39 is 0 Å². The summed E-state index contributed by atoms with van der Waals surface area (Å²) in [4.78, 5) is 28.6. The van der Waals surface area contributed by atoms with Gasteiger partial charge in [0.05, 0.1) is 11.0 Å². The number of carbonyl (C=O) groups is 1. The minimum Gasteiger partial charge on any atom is -0.352 e. The van der Waals surface area contributed by atoms with Crippen molar-refractivity contribution in [2.45, 2.75) is 20.3 Å². The summed E-state index contributed by atoms with van der Waals surface area (Å²) in [6.45, 7) is 4.32. The summed E-state index contributed by atoms with van der Waals surface area (Å²) in [5, 5.41) is 2.94. The summed E-state index contributed by atoms with van der Waals surface area (Å²) in [5.74, 6) is -0.135. The average Bonchev–Trinajstić information content (AvgIpc) is 2.61. The summed E-state index contributed by atoms with van der Waals surface area (Å²) in [5.41, 5.74) is 4.66. The monoisotopic (exact) mass is 335 g/mol. The Balaban J connectivity index is 1.75. The molecule has 1 amide bonds. The lowest BCUT2D eigenvalue weighted by atomic mass is 10.1. The molecule has 2 aromatic carbocycles. The molecule has 1 heterocycles. The fourth-order valence-electron chi connectivity index (χ4n) is 2.92. The lowest BCUT2D eigenvalue weighted by Gasteiger charge is -2.09. The van der Waals surface area contributed by atoms with Gasteiger partial charge in [-0.05, 0) is 49.6 Å². The molecule has 25 heavy (non-hydrogen) atoms. The van der Waals surface area contributed by atoms with Crippen molar-refractivity contribution in [1.82, 2.24) is 14.9 Å². The van der Waals surface area contributed by atoms with Crippen LogP contribution in [0.15, 0.2) is 47.3 Å². The highest BCUT2D eigenvalue weighted by Crippen LogP contribution is 2.13. The Bertz CT molecular complexity index is 1010. The summed E-state index contributed by atoms with van der Waals surface area (Å²) >= 11 is 0. The fourth-order valence-corrected chi connectivity index (χ4v) is 2.92. The normalized spacial score (nSPS) is 10.8. The van der Waals surface area contributed by atoms with Gasteiger partial charge in [0.15, 0.2) is 0 Å². The largest absolute Gasteiger partial charge is 0.352 e. The van der Waals surface area contributed by atoms with Crippen molar-refractivity contribution in [2.75, 3.05) is 6.54 Å². The molecule has 3 aromatic rings. The second-order valence-corrected chi connectivity index (χ2v) is 6.20. The van der Waals surface area contributed by atoms with Gasteiger partial charge < -0.3 is 9.88 Å². The molecule has 1 aromatic heterocycles. The van der Waals surface area contributed by atoms with Crippen molar-refractivity contribution in [3.63, 3.8) is 0 Å². The Labute approximate surface area is 146 Å². The molecule has 0 unspecified atom stereocenters. The van der Waals surface area contributed by atoms with Crippen LogP contribution in [-0.2, 0) is 13.5 Å². The smallest absolute Gasteiger partial charge is 0.272 e. The number of nitrogens with zero attached hydrogens (tertiary/aromatic N) is 2. The van der Waals surface area contributed by atoms with E-state index in [-0.39, 0.29) is 11.5 Å². The number of hydrogen-bond donors (Lipinski definition) is 1. The first-order valence-corrected chi connectivity index (χ1v) is 8.27. The maximum atomic E-state index is 12.4. The maximum Gasteiger partial charge on any atom is 0.272 e. The molecule has 3 rings (SSSR count). The Kier molecular flexibility index (Phi) is 4.65. The van der Waals surface area contributed by atoms with Crippen LogP contribution in [0.1, 0.15) is 27.2 Å². The molecular formula is C20H21N3O2.